The van der Waals surface area contributed by atoms with E-state index in [1.807, 2.05) is 13.0 Å². The molecule has 0 spiro atoms. The van der Waals surface area contributed by atoms with Gasteiger partial charge < -0.3 is 16.0 Å². The quantitative estimate of drug-likeness (QED) is 0.799. The highest BCUT2D eigenvalue weighted by atomic mass is 16.2. The predicted octanol–water partition coefficient (Wildman–Crippen LogP) is 2.42. The Labute approximate surface area is 122 Å². The van der Waals surface area contributed by atoms with Gasteiger partial charge >= 0.3 is 6.03 Å². The minimum atomic E-state index is -0.431. The van der Waals surface area contributed by atoms with Crippen molar-refractivity contribution in [3.8, 4) is 6.07 Å². The Bertz CT molecular complexity index is 665. The number of hydrogen-bond acceptors (Lipinski definition) is 5. The average Bonchev–Trinajstić information content (AvgIpc) is 2.50. The predicted molar refractivity (Wildman–Crippen MR) is 80.0 cm³/mol. The summed E-state index contributed by atoms with van der Waals surface area (Å²) in [6, 6.07) is 6.56. The second kappa shape index (κ2) is 6.86. The molecule has 0 fully saturated rings. The molecule has 2 heterocycles. The van der Waals surface area contributed by atoms with Gasteiger partial charge in [0.1, 0.15) is 11.9 Å². The largest absolute Gasteiger partial charge is 0.369 e. The van der Waals surface area contributed by atoms with Crippen molar-refractivity contribution in [1.29, 1.82) is 5.26 Å². The van der Waals surface area contributed by atoms with E-state index in [4.69, 9.17) is 5.26 Å². The number of pyridine rings is 2. The summed E-state index contributed by atoms with van der Waals surface area (Å²) < 4.78 is 0. The minimum Gasteiger partial charge on any atom is -0.369 e. The third kappa shape index (κ3) is 3.91. The van der Waals surface area contributed by atoms with E-state index in [2.05, 4.69) is 25.9 Å². The summed E-state index contributed by atoms with van der Waals surface area (Å²) in [5.74, 6) is 0.512. The Morgan fingerprint density at radius 2 is 2.24 bits per heavy atom. The molecule has 0 radical (unpaired) electrons. The van der Waals surface area contributed by atoms with Gasteiger partial charge in [-0.05, 0) is 25.1 Å². The van der Waals surface area contributed by atoms with Crippen molar-refractivity contribution in [1.82, 2.24) is 9.97 Å². The summed E-state index contributed by atoms with van der Waals surface area (Å²) in [5, 5.41) is 17.2. The molecule has 0 unspecified atom stereocenters. The summed E-state index contributed by atoms with van der Waals surface area (Å²) in [6.07, 6.45) is 4.60. The fourth-order valence-electron chi connectivity index (χ4n) is 1.65. The third-order valence-electron chi connectivity index (χ3n) is 2.53. The molecule has 7 heteroatoms. The standard InChI is InChI=1S/C14H14N6O/c1-2-17-13-12(6-10(7-15)8-18-13)20-14(21)19-11-4-3-5-16-9-11/h3-6,8-9H,2H2,1H3,(H,17,18)(H2,19,20,21). The van der Waals surface area contributed by atoms with Gasteiger partial charge in [-0.1, -0.05) is 0 Å². The highest BCUT2D eigenvalue weighted by Gasteiger charge is 2.09. The number of nitriles is 1. The van der Waals surface area contributed by atoms with Gasteiger partial charge in [-0.2, -0.15) is 5.26 Å². The van der Waals surface area contributed by atoms with Crippen molar-refractivity contribution in [3.05, 3.63) is 42.4 Å². The van der Waals surface area contributed by atoms with Crippen LogP contribution in [0.25, 0.3) is 0 Å². The molecule has 0 bridgehead atoms. The number of aromatic nitrogens is 2. The molecule has 2 aromatic heterocycles. The van der Waals surface area contributed by atoms with Gasteiger partial charge in [-0.25, -0.2) is 9.78 Å². The maximum Gasteiger partial charge on any atom is 0.323 e. The molecule has 0 aliphatic carbocycles. The zero-order valence-corrected chi connectivity index (χ0v) is 11.4. The molecule has 0 aliphatic rings. The number of nitrogens with one attached hydrogen (secondary N) is 3. The van der Waals surface area contributed by atoms with Crippen molar-refractivity contribution in [2.75, 3.05) is 22.5 Å². The van der Waals surface area contributed by atoms with Crippen LogP contribution in [0.15, 0.2) is 36.8 Å². The number of carbonyl (C=O) groups is 1. The van der Waals surface area contributed by atoms with E-state index in [0.717, 1.165) is 0 Å². The molecule has 0 saturated heterocycles. The Morgan fingerprint density at radius 3 is 2.90 bits per heavy atom. The van der Waals surface area contributed by atoms with Gasteiger partial charge in [0.25, 0.3) is 0 Å². The first kappa shape index (κ1) is 14.3. The van der Waals surface area contributed by atoms with E-state index in [-0.39, 0.29) is 0 Å². The first-order valence-electron chi connectivity index (χ1n) is 6.35. The van der Waals surface area contributed by atoms with Gasteiger partial charge in [0.15, 0.2) is 0 Å². The number of carbonyl (C=O) groups excluding carboxylic acids is 1. The normalized spacial score (nSPS) is 9.52. The lowest BCUT2D eigenvalue weighted by Gasteiger charge is -2.12. The van der Waals surface area contributed by atoms with Crippen molar-refractivity contribution < 1.29 is 4.79 Å². The lowest BCUT2D eigenvalue weighted by molar-refractivity contribution is 0.262. The minimum absolute atomic E-state index is 0.369. The zero-order chi connectivity index (χ0) is 15.1. The lowest BCUT2D eigenvalue weighted by Crippen LogP contribution is -2.20. The van der Waals surface area contributed by atoms with Crippen molar-refractivity contribution in [2.45, 2.75) is 6.92 Å². The molecule has 2 rings (SSSR count). The van der Waals surface area contributed by atoms with Gasteiger partial charge in [-0.15, -0.1) is 0 Å². The number of hydrogen-bond donors (Lipinski definition) is 3. The van der Waals surface area contributed by atoms with Crippen LogP contribution in [0, 0.1) is 11.3 Å². The van der Waals surface area contributed by atoms with Crippen molar-refractivity contribution in [2.24, 2.45) is 0 Å². The van der Waals surface area contributed by atoms with E-state index in [0.29, 0.717) is 29.3 Å². The molecule has 21 heavy (non-hydrogen) atoms. The van der Waals surface area contributed by atoms with Crippen LogP contribution in [0.5, 0.6) is 0 Å². The van der Waals surface area contributed by atoms with Crippen LogP contribution in [-0.4, -0.2) is 22.5 Å². The number of urea groups is 1. The van der Waals surface area contributed by atoms with E-state index in [1.165, 1.54) is 12.4 Å². The number of rotatable bonds is 4. The smallest absolute Gasteiger partial charge is 0.323 e. The molecule has 106 valence electrons. The number of nitrogens with zero attached hydrogens (tertiary/aromatic N) is 3. The second-order valence-corrected chi connectivity index (χ2v) is 4.08. The first-order chi connectivity index (χ1) is 10.2. The van der Waals surface area contributed by atoms with Gasteiger partial charge in [0.2, 0.25) is 0 Å². The Balaban J connectivity index is 2.14. The van der Waals surface area contributed by atoms with E-state index < -0.39 is 6.03 Å². The fourth-order valence-corrected chi connectivity index (χ4v) is 1.65. The Kier molecular flexibility index (Phi) is 4.66. The van der Waals surface area contributed by atoms with Crippen LogP contribution >= 0.6 is 0 Å². The first-order valence-corrected chi connectivity index (χ1v) is 6.35. The second-order valence-electron chi connectivity index (χ2n) is 4.08. The van der Waals surface area contributed by atoms with Crippen LogP contribution in [0.2, 0.25) is 0 Å². The Hall–Kier alpha value is -3.14. The van der Waals surface area contributed by atoms with E-state index >= 15 is 0 Å². The summed E-state index contributed by atoms with van der Waals surface area (Å²) in [7, 11) is 0. The van der Waals surface area contributed by atoms with E-state index in [1.54, 1.807) is 24.4 Å². The molecule has 0 atom stereocenters. The van der Waals surface area contributed by atoms with Crippen LogP contribution < -0.4 is 16.0 Å². The van der Waals surface area contributed by atoms with Gasteiger partial charge in [0.05, 0.1) is 23.1 Å². The molecule has 0 saturated carbocycles. The third-order valence-corrected chi connectivity index (χ3v) is 2.53. The molecular weight excluding hydrogens is 268 g/mol. The van der Waals surface area contributed by atoms with E-state index in [9.17, 15) is 4.79 Å². The topological polar surface area (TPSA) is 103 Å². The maximum absolute atomic E-state index is 11.9. The summed E-state index contributed by atoms with van der Waals surface area (Å²) in [4.78, 5) is 20.0. The highest BCUT2D eigenvalue weighted by Crippen LogP contribution is 2.20. The fraction of sp³-hybridized carbons (Fsp3) is 0.143. The van der Waals surface area contributed by atoms with Crippen molar-refractivity contribution in [3.63, 3.8) is 0 Å². The molecule has 0 aromatic carbocycles. The molecule has 0 aliphatic heterocycles. The SMILES string of the molecule is CCNc1ncc(C#N)cc1NC(=O)Nc1cccnc1. The summed E-state index contributed by atoms with van der Waals surface area (Å²) in [5.41, 5.74) is 1.38. The van der Waals surface area contributed by atoms with Crippen LogP contribution in [0.4, 0.5) is 22.0 Å². The average molecular weight is 282 g/mol. The molecule has 7 nitrogen and oxygen atoms in total. The van der Waals surface area contributed by atoms with Gasteiger partial charge in [0, 0.05) is 18.9 Å². The van der Waals surface area contributed by atoms with Gasteiger partial charge in [-0.3, -0.25) is 4.98 Å². The van der Waals surface area contributed by atoms with Crippen LogP contribution in [-0.2, 0) is 0 Å². The molecule has 3 N–H and O–H groups in total. The molecule has 2 amide bonds. The maximum atomic E-state index is 11.9. The van der Waals surface area contributed by atoms with Crippen LogP contribution in [0.1, 0.15) is 12.5 Å². The monoisotopic (exact) mass is 282 g/mol. The summed E-state index contributed by atoms with van der Waals surface area (Å²) >= 11 is 0. The summed E-state index contributed by atoms with van der Waals surface area (Å²) in [6.45, 7) is 2.57. The van der Waals surface area contributed by atoms with Crippen LogP contribution in [0.3, 0.4) is 0 Å². The zero-order valence-electron chi connectivity index (χ0n) is 11.4. The molecule has 2 aromatic rings. The molecular formula is C14H14N6O. The highest BCUT2D eigenvalue weighted by molar-refractivity contribution is 6.01. The lowest BCUT2D eigenvalue weighted by atomic mass is 10.2. The Morgan fingerprint density at radius 1 is 1.38 bits per heavy atom. The number of anilines is 3. The van der Waals surface area contributed by atoms with Crippen molar-refractivity contribution >= 4 is 23.2 Å². The number of amides is 2.